The number of rotatable bonds is 6. The van der Waals surface area contributed by atoms with Crippen LogP contribution in [0, 0.1) is 0 Å². The highest BCUT2D eigenvalue weighted by Crippen LogP contribution is 2.39. The highest BCUT2D eigenvalue weighted by atomic mass is 35.5. The molecule has 0 saturated carbocycles. The zero-order chi connectivity index (χ0) is 22.1. The second-order valence-electron chi connectivity index (χ2n) is 8.55. The smallest absolute Gasteiger partial charge is 0.256 e. The number of aryl methyl sites for hydroxylation is 2. The van der Waals surface area contributed by atoms with Crippen LogP contribution in [0.25, 0.3) is 11.6 Å². The van der Waals surface area contributed by atoms with Crippen LogP contribution in [0.3, 0.4) is 0 Å². The summed E-state index contributed by atoms with van der Waals surface area (Å²) in [6.07, 6.45) is 6.98. The number of hydrogen-bond donors (Lipinski definition) is 2. The van der Waals surface area contributed by atoms with Gasteiger partial charge in [0.2, 0.25) is 0 Å². The van der Waals surface area contributed by atoms with Crippen LogP contribution in [0.5, 0.6) is 0 Å². The summed E-state index contributed by atoms with van der Waals surface area (Å²) in [6.45, 7) is 2.16. The molecule has 0 radical (unpaired) electrons. The Kier molecular flexibility index (Phi) is 5.79. The van der Waals surface area contributed by atoms with Gasteiger partial charge >= 0.3 is 0 Å². The molecule has 5 heteroatoms. The Bertz CT molecular complexity index is 1180. The molecule has 0 fully saturated rings. The van der Waals surface area contributed by atoms with Gasteiger partial charge in [0.25, 0.3) is 5.91 Å². The van der Waals surface area contributed by atoms with Crippen LogP contribution in [0.4, 0.5) is 11.4 Å². The molecule has 0 saturated heterocycles. The third-order valence-corrected chi connectivity index (χ3v) is 6.55. The van der Waals surface area contributed by atoms with Crippen LogP contribution < -0.4 is 10.6 Å². The number of carbonyl (C=O) groups excluding carboxylic acids is 1. The highest BCUT2D eigenvalue weighted by molar-refractivity contribution is 6.34. The van der Waals surface area contributed by atoms with Gasteiger partial charge in [-0.15, -0.1) is 11.6 Å². The summed E-state index contributed by atoms with van der Waals surface area (Å²) in [5, 5.41) is 6.60. The van der Waals surface area contributed by atoms with Crippen molar-refractivity contribution in [3.8, 4) is 0 Å². The molecule has 164 valence electrons. The summed E-state index contributed by atoms with van der Waals surface area (Å²) < 4.78 is 6.38. The molecule has 4 nitrogen and oxygen atoms in total. The summed E-state index contributed by atoms with van der Waals surface area (Å²) >= 11 is 5.94. The molecule has 0 spiro atoms. The Morgan fingerprint density at radius 3 is 2.78 bits per heavy atom. The minimum atomic E-state index is -0.0907. The molecule has 1 aliphatic heterocycles. The molecule has 1 aliphatic carbocycles. The van der Waals surface area contributed by atoms with Crippen molar-refractivity contribution >= 4 is 40.5 Å². The molecule has 2 N–H and O–H groups in total. The molecule has 3 aromatic rings. The number of carbonyl (C=O) groups is 1. The number of fused-ring (bicyclic) bond motifs is 2. The Morgan fingerprint density at radius 1 is 1.16 bits per heavy atom. The van der Waals surface area contributed by atoms with E-state index in [1.54, 1.807) is 0 Å². The SMILES string of the molecule is CC(Nc1ccccc1)c1c(C=C2C(=O)Nc3ccc(CCCl)cc32)oc2c1CCCC2. The van der Waals surface area contributed by atoms with E-state index < -0.39 is 0 Å². The van der Waals surface area contributed by atoms with Gasteiger partial charge in [0.1, 0.15) is 11.5 Å². The van der Waals surface area contributed by atoms with E-state index in [4.69, 9.17) is 16.0 Å². The third kappa shape index (κ3) is 3.95. The Balaban J connectivity index is 1.57. The van der Waals surface area contributed by atoms with E-state index in [2.05, 4.69) is 35.8 Å². The molecule has 1 unspecified atom stereocenters. The van der Waals surface area contributed by atoms with Gasteiger partial charge in [0.05, 0.1) is 11.6 Å². The lowest BCUT2D eigenvalue weighted by atomic mass is 9.91. The molecule has 2 aliphatic rings. The van der Waals surface area contributed by atoms with Crippen LogP contribution in [0.15, 0.2) is 52.9 Å². The molecular weight excluding hydrogens is 420 g/mol. The maximum Gasteiger partial charge on any atom is 0.256 e. The fourth-order valence-corrected chi connectivity index (χ4v) is 5.04. The standard InChI is InChI=1S/C27H27ClN2O2/c1-17(29-19-7-3-2-4-8-19)26-20-9-5-6-10-24(20)32-25(26)16-22-21-15-18(13-14-28)11-12-23(21)30-27(22)31/h2-4,7-8,11-12,15-17,29H,5-6,9-10,13-14H2,1H3,(H,30,31). The minimum absolute atomic E-state index is 0.0568. The molecule has 1 atom stereocenters. The number of para-hydroxylation sites is 1. The van der Waals surface area contributed by atoms with Crippen molar-refractivity contribution in [3.63, 3.8) is 0 Å². The van der Waals surface area contributed by atoms with E-state index in [1.165, 1.54) is 12.0 Å². The minimum Gasteiger partial charge on any atom is -0.461 e. The van der Waals surface area contributed by atoms with E-state index in [0.29, 0.717) is 11.5 Å². The summed E-state index contributed by atoms with van der Waals surface area (Å²) in [7, 11) is 0. The normalized spacial score (nSPS) is 17.1. The van der Waals surface area contributed by atoms with E-state index in [-0.39, 0.29) is 11.9 Å². The van der Waals surface area contributed by atoms with Crippen LogP contribution in [0.2, 0.25) is 0 Å². The van der Waals surface area contributed by atoms with Gasteiger partial charge in [-0.25, -0.2) is 0 Å². The topological polar surface area (TPSA) is 54.3 Å². The molecule has 2 aromatic carbocycles. The van der Waals surface area contributed by atoms with Crippen LogP contribution in [0.1, 0.15) is 59.6 Å². The Labute approximate surface area is 193 Å². The lowest BCUT2D eigenvalue weighted by Crippen LogP contribution is -2.11. The van der Waals surface area contributed by atoms with Gasteiger partial charge in [-0.1, -0.05) is 24.3 Å². The number of furan rings is 1. The second-order valence-corrected chi connectivity index (χ2v) is 8.93. The van der Waals surface area contributed by atoms with Crippen molar-refractivity contribution in [3.05, 3.63) is 82.3 Å². The number of halogens is 1. The van der Waals surface area contributed by atoms with E-state index in [0.717, 1.165) is 65.3 Å². The van der Waals surface area contributed by atoms with Crippen LogP contribution in [-0.4, -0.2) is 11.8 Å². The quantitative estimate of drug-likeness (QED) is 0.331. The van der Waals surface area contributed by atoms with Crippen LogP contribution in [-0.2, 0) is 24.1 Å². The Morgan fingerprint density at radius 2 is 1.97 bits per heavy atom. The number of amides is 1. The first-order chi connectivity index (χ1) is 15.6. The number of hydrogen-bond acceptors (Lipinski definition) is 3. The fraction of sp³-hybridized carbons (Fsp3) is 0.296. The van der Waals surface area contributed by atoms with E-state index >= 15 is 0 Å². The van der Waals surface area contributed by atoms with Gasteiger partial charge in [-0.3, -0.25) is 4.79 Å². The summed E-state index contributed by atoms with van der Waals surface area (Å²) in [5.41, 5.74) is 7.06. The lowest BCUT2D eigenvalue weighted by molar-refractivity contribution is -0.110. The van der Waals surface area contributed by atoms with E-state index in [9.17, 15) is 4.79 Å². The zero-order valence-electron chi connectivity index (χ0n) is 18.2. The average Bonchev–Trinajstić information content (AvgIpc) is 3.32. The van der Waals surface area contributed by atoms with Crippen molar-refractivity contribution in [2.45, 2.75) is 45.1 Å². The number of benzene rings is 2. The molecule has 1 amide bonds. The summed E-state index contributed by atoms with van der Waals surface area (Å²) in [5.74, 6) is 2.31. The molecule has 5 rings (SSSR count). The molecular formula is C27H27ClN2O2. The van der Waals surface area contributed by atoms with Gasteiger partial charge in [0, 0.05) is 34.8 Å². The van der Waals surface area contributed by atoms with Crippen molar-refractivity contribution in [2.24, 2.45) is 0 Å². The number of anilines is 2. The second kappa shape index (κ2) is 8.87. The maximum absolute atomic E-state index is 12.9. The van der Waals surface area contributed by atoms with Crippen molar-refractivity contribution in [1.82, 2.24) is 0 Å². The highest BCUT2D eigenvalue weighted by Gasteiger charge is 2.29. The first kappa shape index (κ1) is 20.9. The predicted molar refractivity (Wildman–Crippen MR) is 131 cm³/mol. The van der Waals surface area contributed by atoms with Crippen molar-refractivity contribution < 1.29 is 9.21 Å². The van der Waals surface area contributed by atoms with E-state index in [1.807, 2.05) is 36.4 Å². The van der Waals surface area contributed by atoms with Crippen molar-refractivity contribution in [1.29, 1.82) is 0 Å². The lowest BCUT2D eigenvalue weighted by Gasteiger charge is -2.18. The summed E-state index contributed by atoms with van der Waals surface area (Å²) in [4.78, 5) is 12.9. The van der Waals surface area contributed by atoms with Gasteiger partial charge < -0.3 is 15.1 Å². The molecule has 0 bridgehead atoms. The first-order valence-corrected chi connectivity index (χ1v) is 11.9. The average molecular weight is 447 g/mol. The van der Waals surface area contributed by atoms with Gasteiger partial charge in [-0.2, -0.15) is 0 Å². The van der Waals surface area contributed by atoms with Gasteiger partial charge in [0.15, 0.2) is 0 Å². The van der Waals surface area contributed by atoms with Crippen LogP contribution >= 0.6 is 11.6 Å². The van der Waals surface area contributed by atoms with Crippen molar-refractivity contribution in [2.75, 3.05) is 16.5 Å². The fourth-order valence-electron chi connectivity index (χ4n) is 4.82. The van der Waals surface area contributed by atoms with Gasteiger partial charge in [-0.05, 0) is 74.1 Å². The maximum atomic E-state index is 12.9. The number of alkyl halides is 1. The first-order valence-electron chi connectivity index (χ1n) is 11.3. The summed E-state index contributed by atoms with van der Waals surface area (Å²) in [6, 6.07) is 16.3. The predicted octanol–water partition coefficient (Wildman–Crippen LogP) is 6.61. The zero-order valence-corrected chi connectivity index (χ0v) is 19.0. The largest absolute Gasteiger partial charge is 0.461 e. The Hall–Kier alpha value is -2.98. The molecule has 32 heavy (non-hydrogen) atoms. The molecule has 2 heterocycles. The third-order valence-electron chi connectivity index (χ3n) is 6.36. The number of nitrogens with one attached hydrogen (secondary N) is 2. The monoisotopic (exact) mass is 446 g/mol. The molecule has 1 aromatic heterocycles.